The molecule has 2 atom stereocenters. The van der Waals surface area contributed by atoms with Crippen LogP contribution in [0.15, 0.2) is 12.4 Å². The Bertz CT molecular complexity index is 373. The third kappa shape index (κ3) is 2.38. The van der Waals surface area contributed by atoms with Gasteiger partial charge in [-0.1, -0.05) is 0 Å². The summed E-state index contributed by atoms with van der Waals surface area (Å²) in [6, 6.07) is 0. The van der Waals surface area contributed by atoms with Crippen molar-refractivity contribution in [3.05, 3.63) is 18.0 Å². The quantitative estimate of drug-likeness (QED) is 0.845. The van der Waals surface area contributed by atoms with Crippen molar-refractivity contribution in [3.8, 4) is 0 Å². The third-order valence-electron chi connectivity index (χ3n) is 4.21. The average molecular weight is 234 g/mol. The van der Waals surface area contributed by atoms with Gasteiger partial charge in [0.1, 0.15) is 0 Å². The normalized spacial score (nSPS) is 29.5. The monoisotopic (exact) mass is 234 g/mol. The first-order valence-electron chi connectivity index (χ1n) is 6.79. The minimum Gasteiger partial charge on any atom is -0.316 e. The van der Waals surface area contributed by atoms with E-state index < -0.39 is 0 Å². The Morgan fingerprint density at radius 3 is 3.12 bits per heavy atom. The molecule has 2 fully saturated rings. The molecular formula is C13H22N4. The van der Waals surface area contributed by atoms with E-state index in [2.05, 4.69) is 28.4 Å². The molecule has 2 aliphatic heterocycles. The summed E-state index contributed by atoms with van der Waals surface area (Å²) in [4.78, 5) is 2.59. The van der Waals surface area contributed by atoms with Gasteiger partial charge in [0.15, 0.2) is 0 Å². The molecule has 4 heteroatoms. The Morgan fingerprint density at radius 1 is 1.41 bits per heavy atom. The lowest BCUT2D eigenvalue weighted by atomic mass is 9.88. The summed E-state index contributed by atoms with van der Waals surface area (Å²) in [6.45, 7) is 9.14. The van der Waals surface area contributed by atoms with Gasteiger partial charge in [0.2, 0.25) is 0 Å². The molecule has 0 saturated carbocycles. The van der Waals surface area contributed by atoms with Crippen LogP contribution < -0.4 is 5.32 Å². The van der Waals surface area contributed by atoms with Crippen molar-refractivity contribution in [2.24, 2.45) is 11.8 Å². The molecule has 2 aliphatic rings. The fourth-order valence-electron chi connectivity index (χ4n) is 3.17. The summed E-state index contributed by atoms with van der Waals surface area (Å²) in [5, 5.41) is 7.86. The second-order valence-electron chi connectivity index (χ2n) is 5.41. The number of aryl methyl sites for hydroxylation is 1. The van der Waals surface area contributed by atoms with Crippen LogP contribution in [0.3, 0.4) is 0 Å². The maximum atomic E-state index is 4.34. The first kappa shape index (κ1) is 11.2. The van der Waals surface area contributed by atoms with E-state index >= 15 is 0 Å². The topological polar surface area (TPSA) is 33.1 Å². The zero-order chi connectivity index (χ0) is 11.7. The third-order valence-corrected chi connectivity index (χ3v) is 4.21. The van der Waals surface area contributed by atoms with Gasteiger partial charge in [-0.25, -0.2) is 0 Å². The van der Waals surface area contributed by atoms with Crippen LogP contribution in [0.25, 0.3) is 0 Å². The van der Waals surface area contributed by atoms with E-state index in [4.69, 9.17) is 0 Å². The van der Waals surface area contributed by atoms with Crippen molar-refractivity contribution in [2.75, 3.05) is 26.2 Å². The molecule has 3 heterocycles. The number of likely N-dealkylation sites (tertiary alicyclic amines) is 1. The minimum absolute atomic E-state index is 0.880. The summed E-state index contributed by atoms with van der Waals surface area (Å²) in [7, 11) is 0. The molecule has 2 saturated heterocycles. The lowest BCUT2D eigenvalue weighted by Gasteiger charge is -2.34. The molecular weight excluding hydrogens is 212 g/mol. The lowest BCUT2D eigenvalue weighted by molar-refractivity contribution is 0.142. The molecule has 0 spiro atoms. The fourth-order valence-corrected chi connectivity index (χ4v) is 3.17. The molecule has 0 aliphatic carbocycles. The van der Waals surface area contributed by atoms with Crippen LogP contribution in [0.1, 0.15) is 18.9 Å². The summed E-state index contributed by atoms with van der Waals surface area (Å²) < 4.78 is 2.01. The Morgan fingerprint density at radius 2 is 2.29 bits per heavy atom. The number of fused-ring (bicyclic) bond motifs is 1. The number of aromatic nitrogens is 2. The predicted molar refractivity (Wildman–Crippen MR) is 67.6 cm³/mol. The minimum atomic E-state index is 0.880. The van der Waals surface area contributed by atoms with E-state index in [1.54, 1.807) is 0 Å². The van der Waals surface area contributed by atoms with Gasteiger partial charge in [0.05, 0.1) is 6.20 Å². The molecule has 0 amide bonds. The van der Waals surface area contributed by atoms with Crippen LogP contribution in [0.5, 0.6) is 0 Å². The summed E-state index contributed by atoms with van der Waals surface area (Å²) in [6.07, 6.45) is 5.56. The SMILES string of the molecule is CCn1cc(CN2CCC3CNCC3C2)cn1. The first-order chi connectivity index (χ1) is 8.35. The van der Waals surface area contributed by atoms with Crippen LogP contribution in [0.4, 0.5) is 0 Å². The molecule has 1 N–H and O–H groups in total. The Labute approximate surface area is 103 Å². The number of hydrogen-bond donors (Lipinski definition) is 1. The molecule has 94 valence electrons. The van der Waals surface area contributed by atoms with Gasteiger partial charge < -0.3 is 5.32 Å². The molecule has 2 unspecified atom stereocenters. The molecule has 0 bridgehead atoms. The summed E-state index contributed by atoms with van der Waals surface area (Å²) in [5.74, 6) is 1.81. The molecule has 4 nitrogen and oxygen atoms in total. The molecule has 0 radical (unpaired) electrons. The standard InChI is InChI=1S/C13H22N4/c1-2-17-9-11(5-15-17)8-16-4-3-12-6-14-7-13(12)10-16/h5,9,12-14H,2-4,6-8,10H2,1H3. The highest BCUT2D eigenvalue weighted by molar-refractivity contribution is 5.04. The van der Waals surface area contributed by atoms with Gasteiger partial charge in [0.25, 0.3) is 0 Å². The second-order valence-corrected chi connectivity index (χ2v) is 5.41. The van der Waals surface area contributed by atoms with Crippen LogP contribution in [-0.2, 0) is 13.1 Å². The molecule has 0 aromatic carbocycles. The number of nitrogens with one attached hydrogen (secondary N) is 1. The van der Waals surface area contributed by atoms with Crippen molar-refractivity contribution < 1.29 is 0 Å². The smallest absolute Gasteiger partial charge is 0.0534 e. The lowest BCUT2D eigenvalue weighted by Crippen LogP contribution is -2.39. The number of hydrogen-bond acceptors (Lipinski definition) is 3. The van der Waals surface area contributed by atoms with E-state index in [1.165, 1.54) is 38.2 Å². The van der Waals surface area contributed by atoms with Gasteiger partial charge in [-0.05, 0) is 44.8 Å². The first-order valence-corrected chi connectivity index (χ1v) is 6.79. The van der Waals surface area contributed by atoms with Crippen LogP contribution in [0, 0.1) is 11.8 Å². The summed E-state index contributed by atoms with van der Waals surface area (Å²) >= 11 is 0. The molecule has 1 aromatic rings. The van der Waals surface area contributed by atoms with E-state index in [1.807, 2.05) is 10.9 Å². The van der Waals surface area contributed by atoms with Gasteiger partial charge in [-0.15, -0.1) is 0 Å². The van der Waals surface area contributed by atoms with E-state index in [-0.39, 0.29) is 0 Å². The highest BCUT2D eigenvalue weighted by Crippen LogP contribution is 2.27. The van der Waals surface area contributed by atoms with Crippen LogP contribution in [0.2, 0.25) is 0 Å². The highest BCUT2D eigenvalue weighted by Gasteiger charge is 2.32. The van der Waals surface area contributed by atoms with Gasteiger partial charge in [0, 0.05) is 31.4 Å². The Hall–Kier alpha value is -0.870. The predicted octanol–water partition coefficient (Wildman–Crippen LogP) is 0.944. The average Bonchev–Trinajstić information content (AvgIpc) is 2.96. The van der Waals surface area contributed by atoms with E-state index in [0.29, 0.717) is 0 Å². The molecule has 3 rings (SSSR count). The maximum absolute atomic E-state index is 4.34. The largest absolute Gasteiger partial charge is 0.316 e. The Kier molecular flexibility index (Phi) is 3.16. The zero-order valence-electron chi connectivity index (χ0n) is 10.6. The van der Waals surface area contributed by atoms with E-state index in [0.717, 1.165) is 24.9 Å². The molecule has 17 heavy (non-hydrogen) atoms. The van der Waals surface area contributed by atoms with Gasteiger partial charge in [-0.3, -0.25) is 9.58 Å². The zero-order valence-corrected chi connectivity index (χ0v) is 10.6. The van der Waals surface area contributed by atoms with Crippen molar-refractivity contribution in [1.29, 1.82) is 0 Å². The van der Waals surface area contributed by atoms with Gasteiger partial charge in [-0.2, -0.15) is 5.10 Å². The summed E-state index contributed by atoms with van der Waals surface area (Å²) in [5.41, 5.74) is 1.36. The van der Waals surface area contributed by atoms with Crippen molar-refractivity contribution in [3.63, 3.8) is 0 Å². The van der Waals surface area contributed by atoms with Gasteiger partial charge >= 0.3 is 0 Å². The van der Waals surface area contributed by atoms with E-state index in [9.17, 15) is 0 Å². The fraction of sp³-hybridized carbons (Fsp3) is 0.769. The highest BCUT2D eigenvalue weighted by atomic mass is 15.3. The van der Waals surface area contributed by atoms with Crippen molar-refractivity contribution in [1.82, 2.24) is 20.0 Å². The maximum Gasteiger partial charge on any atom is 0.0534 e. The second kappa shape index (κ2) is 4.78. The number of rotatable bonds is 3. The molecule has 1 aromatic heterocycles. The van der Waals surface area contributed by atoms with Crippen molar-refractivity contribution >= 4 is 0 Å². The van der Waals surface area contributed by atoms with Crippen LogP contribution >= 0.6 is 0 Å². The van der Waals surface area contributed by atoms with Crippen LogP contribution in [-0.4, -0.2) is 40.9 Å². The van der Waals surface area contributed by atoms with Crippen molar-refractivity contribution in [2.45, 2.75) is 26.4 Å². The Balaban J connectivity index is 1.58. The number of nitrogens with zero attached hydrogens (tertiary/aromatic N) is 3. The number of piperidine rings is 1.